The summed E-state index contributed by atoms with van der Waals surface area (Å²) in [5.41, 5.74) is 0. The number of allylic oxidation sites excluding steroid dienone is 1. The Morgan fingerprint density at radius 2 is 1.03 bits per heavy atom. The van der Waals surface area contributed by atoms with Gasteiger partial charge in [-0.3, -0.25) is 14.4 Å². The van der Waals surface area contributed by atoms with Gasteiger partial charge in [0, 0.05) is 19.3 Å². The zero-order chi connectivity index (χ0) is 25.2. The largest absolute Gasteiger partial charge is 0.481 e. The molecule has 7 heteroatoms. The average molecular weight is 473 g/mol. The highest BCUT2D eigenvalue weighted by molar-refractivity contribution is 5.67. The second-order valence-corrected chi connectivity index (χ2v) is 8.61. The number of hydrogen-bond donors (Lipinski definition) is 4. The Hall–Kier alpha value is -1.89. The third-order valence-electron chi connectivity index (χ3n) is 5.26. The maximum atomic E-state index is 10.3. The summed E-state index contributed by atoms with van der Waals surface area (Å²) >= 11 is 0. The van der Waals surface area contributed by atoms with Crippen LogP contribution in [0.25, 0.3) is 0 Å². The lowest BCUT2D eigenvalue weighted by atomic mass is 10.1. The minimum atomic E-state index is -0.784. The third kappa shape index (κ3) is 34.9. The standard InChI is InChI=1S/C18H34O3.C8H14O4/c1-2-3-4-11-14-17(19)15-12-9-7-5-6-8-10-13-16-18(20)21;9-7(10)5-3-1-2-4-6-8(11)12/h9,12,17,19H,2-8,10-11,13-16H2,1H3,(H,20,21);1-6H2,(H,9,10)(H,11,12)/b12-9-;/t17-;/m1./s1. The van der Waals surface area contributed by atoms with Gasteiger partial charge in [0.15, 0.2) is 0 Å². The molecule has 0 aliphatic heterocycles. The lowest BCUT2D eigenvalue weighted by molar-refractivity contribution is -0.138. The van der Waals surface area contributed by atoms with Crippen LogP contribution in [0.1, 0.15) is 129 Å². The second-order valence-electron chi connectivity index (χ2n) is 8.61. The number of carboxylic acids is 3. The molecule has 0 aliphatic carbocycles. The molecular formula is C26H48O7. The van der Waals surface area contributed by atoms with E-state index in [4.69, 9.17) is 15.3 Å². The van der Waals surface area contributed by atoms with Gasteiger partial charge in [-0.1, -0.05) is 76.9 Å². The van der Waals surface area contributed by atoms with Crippen molar-refractivity contribution in [2.24, 2.45) is 0 Å². The molecule has 0 aromatic rings. The van der Waals surface area contributed by atoms with Gasteiger partial charge in [0.05, 0.1) is 6.10 Å². The third-order valence-corrected chi connectivity index (χ3v) is 5.26. The molecule has 0 aromatic heterocycles. The summed E-state index contributed by atoms with van der Waals surface area (Å²) < 4.78 is 0. The fourth-order valence-electron chi connectivity index (χ4n) is 3.27. The Morgan fingerprint density at radius 3 is 1.48 bits per heavy atom. The first kappa shape index (κ1) is 33.3. The van der Waals surface area contributed by atoms with E-state index < -0.39 is 17.9 Å². The van der Waals surface area contributed by atoms with Crippen LogP contribution >= 0.6 is 0 Å². The van der Waals surface area contributed by atoms with Crippen molar-refractivity contribution in [2.75, 3.05) is 0 Å². The zero-order valence-corrected chi connectivity index (χ0v) is 20.7. The summed E-state index contributed by atoms with van der Waals surface area (Å²) in [7, 11) is 0. The summed E-state index contributed by atoms with van der Waals surface area (Å²) in [5.74, 6) is -2.26. The van der Waals surface area contributed by atoms with Crippen molar-refractivity contribution >= 4 is 17.9 Å². The van der Waals surface area contributed by atoms with Crippen LogP contribution < -0.4 is 0 Å². The second kappa shape index (κ2) is 26.4. The molecule has 194 valence electrons. The summed E-state index contributed by atoms with van der Waals surface area (Å²) in [4.78, 5) is 30.4. The van der Waals surface area contributed by atoms with Crippen molar-refractivity contribution < 1.29 is 34.8 Å². The van der Waals surface area contributed by atoms with E-state index in [2.05, 4.69) is 19.1 Å². The van der Waals surface area contributed by atoms with Gasteiger partial charge in [0.2, 0.25) is 0 Å². The molecule has 0 spiro atoms. The SMILES string of the molecule is CCCCCC[C@@H](O)C/C=C\CCCCCCCC(=O)O.O=C(O)CCCCCCC(=O)O. The minimum Gasteiger partial charge on any atom is -0.481 e. The number of aliphatic hydroxyl groups is 1. The van der Waals surface area contributed by atoms with E-state index in [-0.39, 0.29) is 18.9 Å². The number of carboxylic acid groups (broad SMARTS) is 3. The van der Waals surface area contributed by atoms with Crippen LogP contribution in [0.4, 0.5) is 0 Å². The molecule has 0 fully saturated rings. The number of aliphatic carboxylic acids is 3. The zero-order valence-electron chi connectivity index (χ0n) is 20.7. The summed E-state index contributed by atoms with van der Waals surface area (Å²) in [6, 6.07) is 0. The molecule has 0 amide bonds. The molecule has 33 heavy (non-hydrogen) atoms. The van der Waals surface area contributed by atoms with Crippen molar-refractivity contribution in [1.82, 2.24) is 0 Å². The molecule has 0 saturated heterocycles. The summed E-state index contributed by atoms with van der Waals surface area (Å²) in [6.07, 6.45) is 20.6. The van der Waals surface area contributed by atoms with E-state index >= 15 is 0 Å². The molecule has 0 aliphatic rings. The van der Waals surface area contributed by atoms with E-state index in [0.717, 1.165) is 64.2 Å². The van der Waals surface area contributed by atoms with Crippen molar-refractivity contribution in [1.29, 1.82) is 0 Å². The fourth-order valence-corrected chi connectivity index (χ4v) is 3.27. The maximum absolute atomic E-state index is 10.3. The van der Waals surface area contributed by atoms with Gasteiger partial charge in [0.1, 0.15) is 0 Å². The normalized spacial score (nSPS) is 11.7. The number of rotatable bonds is 22. The van der Waals surface area contributed by atoms with Crippen LogP contribution in [0.2, 0.25) is 0 Å². The molecule has 0 radical (unpaired) electrons. The Morgan fingerprint density at radius 1 is 0.606 bits per heavy atom. The molecule has 4 N–H and O–H groups in total. The topological polar surface area (TPSA) is 132 Å². The maximum Gasteiger partial charge on any atom is 0.303 e. The van der Waals surface area contributed by atoms with Crippen LogP contribution in [0.15, 0.2) is 12.2 Å². The van der Waals surface area contributed by atoms with Gasteiger partial charge in [-0.2, -0.15) is 0 Å². The van der Waals surface area contributed by atoms with E-state index in [0.29, 0.717) is 19.3 Å². The fraction of sp³-hybridized carbons (Fsp3) is 0.808. The number of carbonyl (C=O) groups is 3. The first-order valence-corrected chi connectivity index (χ1v) is 12.8. The Kier molecular flexibility index (Phi) is 26.6. The van der Waals surface area contributed by atoms with Gasteiger partial charge >= 0.3 is 17.9 Å². The first-order chi connectivity index (χ1) is 15.8. The van der Waals surface area contributed by atoms with Crippen molar-refractivity contribution in [2.45, 2.75) is 135 Å². The minimum absolute atomic E-state index is 0.172. The molecule has 0 rings (SSSR count). The smallest absolute Gasteiger partial charge is 0.303 e. The molecular weight excluding hydrogens is 424 g/mol. The lowest BCUT2D eigenvalue weighted by Gasteiger charge is -2.07. The van der Waals surface area contributed by atoms with Crippen molar-refractivity contribution in [3.8, 4) is 0 Å². The van der Waals surface area contributed by atoms with Gasteiger partial charge in [0.25, 0.3) is 0 Å². The molecule has 0 aromatic carbocycles. The lowest BCUT2D eigenvalue weighted by Crippen LogP contribution is -2.04. The number of aliphatic hydroxyl groups excluding tert-OH is 1. The molecule has 1 atom stereocenters. The van der Waals surface area contributed by atoms with Gasteiger partial charge < -0.3 is 20.4 Å². The highest BCUT2D eigenvalue weighted by atomic mass is 16.4. The number of unbranched alkanes of at least 4 members (excludes halogenated alkanes) is 11. The van der Waals surface area contributed by atoms with Gasteiger partial charge in [-0.25, -0.2) is 0 Å². The molecule has 7 nitrogen and oxygen atoms in total. The quantitative estimate of drug-likeness (QED) is 0.103. The van der Waals surface area contributed by atoms with Crippen molar-refractivity contribution in [3.05, 3.63) is 12.2 Å². The molecule has 0 saturated carbocycles. The van der Waals surface area contributed by atoms with Crippen LogP contribution in [-0.4, -0.2) is 44.4 Å². The molecule has 0 unspecified atom stereocenters. The first-order valence-electron chi connectivity index (χ1n) is 12.8. The predicted molar refractivity (Wildman–Crippen MR) is 131 cm³/mol. The monoisotopic (exact) mass is 472 g/mol. The van der Waals surface area contributed by atoms with Crippen molar-refractivity contribution in [3.63, 3.8) is 0 Å². The Balaban J connectivity index is 0. The van der Waals surface area contributed by atoms with Crippen LogP contribution in [0, 0.1) is 0 Å². The predicted octanol–water partition coefficient (Wildman–Crippen LogP) is 6.58. The number of hydrogen-bond acceptors (Lipinski definition) is 4. The molecule has 0 heterocycles. The van der Waals surface area contributed by atoms with Gasteiger partial charge in [-0.15, -0.1) is 0 Å². The highest BCUT2D eigenvalue weighted by Crippen LogP contribution is 2.10. The van der Waals surface area contributed by atoms with Crippen LogP contribution in [0.3, 0.4) is 0 Å². The van der Waals surface area contributed by atoms with E-state index in [9.17, 15) is 19.5 Å². The Labute approximate surface area is 200 Å². The molecule has 0 bridgehead atoms. The van der Waals surface area contributed by atoms with E-state index in [1.165, 1.54) is 25.7 Å². The van der Waals surface area contributed by atoms with Crippen LogP contribution in [0.5, 0.6) is 0 Å². The average Bonchev–Trinajstić information content (AvgIpc) is 2.75. The highest BCUT2D eigenvalue weighted by Gasteiger charge is 2.01. The van der Waals surface area contributed by atoms with Crippen LogP contribution in [-0.2, 0) is 14.4 Å². The van der Waals surface area contributed by atoms with E-state index in [1.54, 1.807) is 0 Å². The van der Waals surface area contributed by atoms with E-state index in [1.807, 2.05) is 0 Å². The summed E-state index contributed by atoms with van der Waals surface area (Å²) in [6.45, 7) is 2.20. The van der Waals surface area contributed by atoms with Gasteiger partial charge in [-0.05, 0) is 44.9 Å². The summed E-state index contributed by atoms with van der Waals surface area (Å²) in [5, 5.41) is 34.8. The Bertz CT molecular complexity index is 485.